The van der Waals surface area contributed by atoms with Crippen LogP contribution in [0.2, 0.25) is 0 Å². The molecule has 0 bridgehead atoms. The zero-order valence-corrected chi connectivity index (χ0v) is 11.9. The highest BCUT2D eigenvalue weighted by Crippen LogP contribution is 2.36. The molecule has 0 aromatic rings. The van der Waals surface area contributed by atoms with Crippen molar-refractivity contribution in [3.63, 3.8) is 0 Å². The van der Waals surface area contributed by atoms with E-state index in [1.807, 2.05) is 0 Å². The molecule has 4 nitrogen and oxygen atoms in total. The molecular weight excluding hydrogens is 228 g/mol. The molecule has 0 aromatic heterocycles. The fourth-order valence-corrected chi connectivity index (χ4v) is 3.03. The van der Waals surface area contributed by atoms with Gasteiger partial charge in [-0.05, 0) is 64.7 Å². The molecule has 4 heteroatoms. The second-order valence-corrected chi connectivity index (χ2v) is 5.99. The smallest absolute Gasteiger partial charge is 0.323 e. The van der Waals surface area contributed by atoms with Gasteiger partial charge in [0.25, 0.3) is 0 Å². The van der Waals surface area contributed by atoms with Crippen molar-refractivity contribution in [2.24, 2.45) is 11.8 Å². The number of esters is 1. The third-order valence-electron chi connectivity index (χ3n) is 4.37. The molecule has 1 saturated carbocycles. The Bertz CT molecular complexity index is 284. The summed E-state index contributed by atoms with van der Waals surface area (Å²) < 4.78 is 4.95. The van der Waals surface area contributed by atoms with Gasteiger partial charge in [-0.25, -0.2) is 0 Å². The van der Waals surface area contributed by atoms with Gasteiger partial charge in [-0.15, -0.1) is 0 Å². The first kappa shape index (κ1) is 13.8. The number of likely N-dealkylation sites (tertiary alicyclic amines) is 1. The van der Waals surface area contributed by atoms with Crippen LogP contribution in [0.3, 0.4) is 0 Å². The Morgan fingerprint density at radius 2 is 1.94 bits per heavy atom. The van der Waals surface area contributed by atoms with E-state index in [9.17, 15) is 4.79 Å². The molecule has 1 atom stereocenters. The van der Waals surface area contributed by atoms with Gasteiger partial charge < -0.3 is 9.64 Å². The monoisotopic (exact) mass is 254 g/mol. The van der Waals surface area contributed by atoms with Crippen LogP contribution in [0.5, 0.6) is 0 Å². The lowest BCUT2D eigenvalue weighted by Gasteiger charge is -2.34. The number of rotatable bonds is 5. The number of hydrogen-bond acceptors (Lipinski definition) is 4. The van der Waals surface area contributed by atoms with Crippen LogP contribution in [0.25, 0.3) is 0 Å². The van der Waals surface area contributed by atoms with Crippen molar-refractivity contribution in [2.75, 3.05) is 40.8 Å². The van der Waals surface area contributed by atoms with E-state index in [1.165, 1.54) is 45.9 Å². The Morgan fingerprint density at radius 3 is 2.44 bits per heavy atom. The van der Waals surface area contributed by atoms with Crippen LogP contribution in [0.15, 0.2) is 0 Å². The third kappa shape index (κ3) is 3.45. The van der Waals surface area contributed by atoms with Crippen molar-refractivity contribution in [2.45, 2.75) is 31.7 Å². The maximum absolute atomic E-state index is 11.9. The average Bonchev–Trinajstić information content (AvgIpc) is 3.16. The summed E-state index contributed by atoms with van der Waals surface area (Å²) in [4.78, 5) is 16.5. The van der Waals surface area contributed by atoms with E-state index in [0.717, 1.165) is 12.5 Å². The van der Waals surface area contributed by atoms with E-state index in [-0.39, 0.29) is 12.0 Å². The molecule has 2 rings (SSSR count). The Morgan fingerprint density at radius 1 is 1.33 bits per heavy atom. The largest absolute Gasteiger partial charge is 0.468 e. The third-order valence-corrected chi connectivity index (χ3v) is 4.37. The van der Waals surface area contributed by atoms with Crippen molar-refractivity contribution in [1.29, 1.82) is 0 Å². The fourth-order valence-electron chi connectivity index (χ4n) is 3.03. The van der Waals surface area contributed by atoms with E-state index in [2.05, 4.69) is 23.9 Å². The van der Waals surface area contributed by atoms with E-state index >= 15 is 0 Å². The molecule has 0 amide bonds. The minimum Gasteiger partial charge on any atom is -0.468 e. The first-order chi connectivity index (χ1) is 8.61. The lowest BCUT2D eigenvalue weighted by Crippen LogP contribution is -2.45. The molecule has 2 fully saturated rings. The van der Waals surface area contributed by atoms with Crippen molar-refractivity contribution < 1.29 is 9.53 Å². The zero-order chi connectivity index (χ0) is 13.1. The molecular formula is C14H26N2O2. The molecule has 0 spiro atoms. The quantitative estimate of drug-likeness (QED) is 0.691. The number of piperidine rings is 1. The highest BCUT2D eigenvalue weighted by Gasteiger charge is 2.40. The minimum absolute atomic E-state index is 0.00495. The predicted octanol–water partition coefficient (Wildman–Crippen LogP) is 1.21. The van der Waals surface area contributed by atoms with Gasteiger partial charge in [0.1, 0.15) is 6.04 Å². The number of ether oxygens (including phenoxy) is 1. The van der Waals surface area contributed by atoms with Gasteiger partial charge >= 0.3 is 5.97 Å². The van der Waals surface area contributed by atoms with Gasteiger partial charge in [0.2, 0.25) is 0 Å². The molecule has 0 radical (unpaired) electrons. The zero-order valence-electron chi connectivity index (χ0n) is 11.9. The van der Waals surface area contributed by atoms with Crippen LogP contribution in [0.1, 0.15) is 25.7 Å². The molecule has 1 saturated heterocycles. The van der Waals surface area contributed by atoms with Crippen molar-refractivity contribution >= 4 is 5.97 Å². The van der Waals surface area contributed by atoms with E-state index < -0.39 is 0 Å². The first-order valence-corrected chi connectivity index (χ1v) is 7.08. The summed E-state index contributed by atoms with van der Waals surface area (Å²) in [6.45, 7) is 3.40. The Labute approximate surface area is 110 Å². The summed E-state index contributed by atoms with van der Waals surface area (Å²) in [5.74, 6) is 1.22. The summed E-state index contributed by atoms with van der Waals surface area (Å²) in [7, 11) is 5.76. The van der Waals surface area contributed by atoms with Crippen molar-refractivity contribution in [3.8, 4) is 0 Å². The van der Waals surface area contributed by atoms with Crippen LogP contribution in [0.4, 0.5) is 0 Å². The van der Waals surface area contributed by atoms with Crippen LogP contribution in [-0.2, 0) is 9.53 Å². The van der Waals surface area contributed by atoms with Crippen LogP contribution < -0.4 is 0 Å². The maximum atomic E-state index is 11.9. The number of hydrogen-bond donors (Lipinski definition) is 0. The van der Waals surface area contributed by atoms with Gasteiger partial charge in [0.15, 0.2) is 0 Å². The number of nitrogens with zero attached hydrogens (tertiary/aromatic N) is 2. The van der Waals surface area contributed by atoms with Crippen molar-refractivity contribution in [3.05, 3.63) is 0 Å². The van der Waals surface area contributed by atoms with Gasteiger partial charge in [-0.2, -0.15) is 0 Å². The lowest BCUT2D eigenvalue weighted by atomic mass is 9.96. The number of carbonyl (C=O) groups excluding carboxylic acids is 1. The molecule has 2 aliphatic rings. The molecule has 1 unspecified atom stereocenters. The Balaban J connectivity index is 1.85. The predicted molar refractivity (Wildman–Crippen MR) is 71.4 cm³/mol. The highest BCUT2D eigenvalue weighted by molar-refractivity contribution is 5.76. The van der Waals surface area contributed by atoms with Crippen molar-refractivity contribution in [1.82, 2.24) is 9.80 Å². The molecule has 18 heavy (non-hydrogen) atoms. The summed E-state index contributed by atoms with van der Waals surface area (Å²) >= 11 is 0. The summed E-state index contributed by atoms with van der Waals surface area (Å²) in [5.41, 5.74) is 0. The summed E-state index contributed by atoms with van der Waals surface area (Å²) in [6.07, 6.45) is 4.85. The standard InChI is InChI=1S/C14H26N2O2/c1-15-8-6-11(7-9-15)10-16(2)13(12-4-5-12)14(17)18-3/h11-13H,4-10H2,1-3H3. The second kappa shape index (κ2) is 6.02. The molecule has 0 aromatic carbocycles. The van der Waals surface area contributed by atoms with Crippen LogP contribution in [-0.4, -0.2) is 62.7 Å². The molecule has 0 N–H and O–H groups in total. The Hall–Kier alpha value is -0.610. The average molecular weight is 254 g/mol. The van der Waals surface area contributed by atoms with E-state index in [1.54, 1.807) is 0 Å². The maximum Gasteiger partial charge on any atom is 0.323 e. The first-order valence-electron chi connectivity index (χ1n) is 7.08. The van der Waals surface area contributed by atoms with E-state index in [0.29, 0.717) is 5.92 Å². The number of methoxy groups -OCH3 is 1. The van der Waals surface area contributed by atoms with Gasteiger partial charge in [0.05, 0.1) is 7.11 Å². The van der Waals surface area contributed by atoms with Crippen LogP contribution in [0, 0.1) is 11.8 Å². The molecule has 1 aliphatic heterocycles. The molecule has 1 aliphatic carbocycles. The normalized spacial score (nSPS) is 24.2. The molecule has 104 valence electrons. The van der Waals surface area contributed by atoms with Gasteiger partial charge in [-0.1, -0.05) is 0 Å². The number of likely N-dealkylation sites (N-methyl/N-ethyl adjacent to an activating group) is 1. The Kier molecular flexibility index (Phi) is 4.62. The lowest BCUT2D eigenvalue weighted by molar-refractivity contribution is -0.147. The highest BCUT2D eigenvalue weighted by atomic mass is 16.5. The summed E-state index contributed by atoms with van der Waals surface area (Å²) in [6, 6.07) is -0.00495. The number of carbonyl (C=O) groups is 1. The minimum atomic E-state index is -0.0482. The van der Waals surface area contributed by atoms with Crippen LogP contribution >= 0.6 is 0 Å². The SMILES string of the molecule is COC(=O)C(C1CC1)N(C)CC1CCN(C)CC1. The second-order valence-electron chi connectivity index (χ2n) is 5.99. The van der Waals surface area contributed by atoms with Gasteiger partial charge in [-0.3, -0.25) is 9.69 Å². The fraction of sp³-hybridized carbons (Fsp3) is 0.929. The molecule has 1 heterocycles. The summed E-state index contributed by atoms with van der Waals surface area (Å²) in [5, 5.41) is 0. The topological polar surface area (TPSA) is 32.8 Å². The van der Waals surface area contributed by atoms with E-state index in [4.69, 9.17) is 4.74 Å². The van der Waals surface area contributed by atoms with Gasteiger partial charge in [0, 0.05) is 6.54 Å².